The van der Waals surface area contributed by atoms with Gasteiger partial charge >= 0.3 is 0 Å². The van der Waals surface area contributed by atoms with Gasteiger partial charge in [0.05, 0.1) is 5.56 Å². The van der Waals surface area contributed by atoms with Crippen LogP contribution in [0.3, 0.4) is 0 Å². The molecule has 21 heavy (non-hydrogen) atoms. The summed E-state index contributed by atoms with van der Waals surface area (Å²) in [6.45, 7) is 3.58. The van der Waals surface area contributed by atoms with Gasteiger partial charge in [-0.3, -0.25) is 9.78 Å². The number of amides is 1. The Kier molecular flexibility index (Phi) is 5.46. The number of benzene rings is 1. The van der Waals surface area contributed by atoms with Crippen LogP contribution in [-0.4, -0.2) is 35.4 Å². The minimum Gasteiger partial charge on any atom is -0.337 e. The highest BCUT2D eigenvalue weighted by atomic mass is 16.2. The normalized spacial score (nSPS) is 10.4. The van der Waals surface area contributed by atoms with Crippen LogP contribution in [0, 0.1) is 6.92 Å². The topological polar surface area (TPSA) is 59.2 Å². The van der Waals surface area contributed by atoms with Crippen molar-refractivity contribution in [3.05, 3.63) is 65.5 Å². The molecular weight excluding hydrogens is 262 g/mol. The first-order chi connectivity index (χ1) is 10.2. The van der Waals surface area contributed by atoms with E-state index in [4.69, 9.17) is 5.73 Å². The van der Waals surface area contributed by atoms with Gasteiger partial charge in [0.1, 0.15) is 0 Å². The van der Waals surface area contributed by atoms with Crippen LogP contribution in [0.5, 0.6) is 0 Å². The van der Waals surface area contributed by atoms with Crippen LogP contribution in [0.25, 0.3) is 0 Å². The van der Waals surface area contributed by atoms with Crippen molar-refractivity contribution in [2.24, 2.45) is 5.73 Å². The number of pyridine rings is 1. The molecule has 0 fully saturated rings. The van der Waals surface area contributed by atoms with E-state index in [1.807, 2.05) is 37.3 Å². The van der Waals surface area contributed by atoms with Crippen LogP contribution >= 0.6 is 0 Å². The van der Waals surface area contributed by atoms with Gasteiger partial charge in [-0.15, -0.1) is 0 Å². The smallest absolute Gasteiger partial charge is 0.255 e. The summed E-state index contributed by atoms with van der Waals surface area (Å²) in [6, 6.07) is 13.8. The van der Waals surface area contributed by atoms with Gasteiger partial charge in [-0.2, -0.15) is 0 Å². The second-order valence-electron chi connectivity index (χ2n) is 5.00. The molecule has 1 heterocycles. The third-order valence-electron chi connectivity index (χ3n) is 3.36. The lowest BCUT2D eigenvalue weighted by atomic mass is 10.1. The molecule has 1 aromatic heterocycles. The van der Waals surface area contributed by atoms with Crippen molar-refractivity contribution in [2.45, 2.75) is 13.3 Å². The molecule has 110 valence electrons. The van der Waals surface area contributed by atoms with Crippen molar-refractivity contribution in [1.29, 1.82) is 0 Å². The Morgan fingerprint density at radius 1 is 1.14 bits per heavy atom. The van der Waals surface area contributed by atoms with E-state index in [9.17, 15) is 4.79 Å². The molecule has 0 aliphatic heterocycles. The fraction of sp³-hybridized carbons (Fsp3) is 0.294. The maximum atomic E-state index is 12.5. The fourth-order valence-corrected chi connectivity index (χ4v) is 2.16. The monoisotopic (exact) mass is 283 g/mol. The van der Waals surface area contributed by atoms with Gasteiger partial charge in [0.2, 0.25) is 0 Å². The maximum Gasteiger partial charge on any atom is 0.255 e. The predicted octanol–water partition coefficient (Wildman–Crippen LogP) is 2.03. The van der Waals surface area contributed by atoms with E-state index in [1.165, 1.54) is 5.56 Å². The lowest BCUT2D eigenvalue weighted by Crippen LogP contribution is -2.37. The number of carbonyl (C=O) groups excluding carboxylic acids is 1. The number of hydrogen-bond acceptors (Lipinski definition) is 3. The van der Waals surface area contributed by atoms with Crippen molar-refractivity contribution >= 4 is 5.91 Å². The Balaban J connectivity index is 2.03. The lowest BCUT2D eigenvalue weighted by molar-refractivity contribution is 0.0761. The van der Waals surface area contributed by atoms with Gasteiger partial charge in [0, 0.05) is 31.5 Å². The average molecular weight is 283 g/mol. The summed E-state index contributed by atoms with van der Waals surface area (Å²) in [7, 11) is 0. The zero-order chi connectivity index (χ0) is 15.1. The molecule has 1 aromatic carbocycles. The number of rotatable bonds is 6. The van der Waals surface area contributed by atoms with Gasteiger partial charge in [-0.1, -0.05) is 30.3 Å². The zero-order valence-corrected chi connectivity index (χ0v) is 12.3. The molecule has 0 aliphatic rings. The standard InChI is InChI=1S/C17H21N3O/c1-14-7-8-16(13-19-14)17(21)20(12-10-18)11-9-15-5-3-2-4-6-15/h2-8,13H,9-12,18H2,1H3. The molecule has 0 spiro atoms. The second kappa shape index (κ2) is 7.55. The summed E-state index contributed by atoms with van der Waals surface area (Å²) in [5, 5.41) is 0. The van der Waals surface area contributed by atoms with E-state index in [2.05, 4.69) is 17.1 Å². The first-order valence-corrected chi connectivity index (χ1v) is 7.16. The van der Waals surface area contributed by atoms with Crippen LogP contribution in [0.1, 0.15) is 21.6 Å². The first kappa shape index (κ1) is 15.2. The minimum atomic E-state index is -0.0103. The summed E-state index contributed by atoms with van der Waals surface area (Å²) < 4.78 is 0. The molecule has 0 radical (unpaired) electrons. The molecule has 0 saturated carbocycles. The number of carbonyl (C=O) groups is 1. The Morgan fingerprint density at radius 3 is 2.52 bits per heavy atom. The van der Waals surface area contributed by atoms with Crippen molar-refractivity contribution in [3.8, 4) is 0 Å². The Morgan fingerprint density at radius 2 is 1.90 bits per heavy atom. The number of aryl methyl sites for hydroxylation is 1. The van der Waals surface area contributed by atoms with Crippen LogP contribution in [0.4, 0.5) is 0 Å². The van der Waals surface area contributed by atoms with Crippen molar-refractivity contribution in [3.63, 3.8) is 0 Å². The Labute approximate surface area is 125 Å². The summed E-state index contributed by atoms with van der Waals surface area (Å²) in [4.78, 5) is 18.5. The third-order valence-corrected chi connectivity index (χ3v) is 3.36. The van der Waals surface area contributed by atoms with E-state index in [0.29, 0.717) is 25.2 Å². The summed E-state index contributed by atoms with van der Waals surface area (Å²) in [5.74, 6) is -0.0103. The lowest BCUT2D eigenvalue weighted by Gasteiger charge is -2.22. The van der Waals surface area contributed by atoms with Gasteiger partial charge < -0.3 is 10.6 Å². The quantitative estimate of drug-likeness (QED) is 0.882. The number of hydrogen-bond donors (Lipinski definition) is 1. The highest BCUT2D eigenvalue weighted by molar-refractivity contribution is 5.93. The SMILES string of the molecule is Cc1ccc(C(=O)N(CCN)CCc2ccccc2)cn1. The van der Waals surface area contributed by atoms with Crippen molar-refractivity contribution in [1.82, 2.24) is 9.88 Å². The largest absolute Gasteiger partial charge is 0.337 e. The van der Waals surface area contributed by atoms with Gasteiger partial charge in [0.25, 0.3) is 5.91 Å². The summed E-state index contributed by atoms with van der Waals surface area (Å²) >= 11 is 0. The van der Waals surface area contributed by atoms with E-state index < -0.39 is 0 Å². The van der Waals surface area contributed by atoms with Gasteiger partial charge in [-0.25, -0.2) is 0 Å². The second-order valence-corrected chi connectivity index (χ2v) is 5.00. The molecule has 2 aromatic rings. The molecule has 4 heteroatoms. The highest BCUT2D eigenvalue weighted by Crippen LogP contribution is 2.07. The summed E-state index contributed by atoms with van der Waals surface area (Å²) in [6.07, 6.45) is 2.45. The molecule has 1 amide bonds. The maximum absolute atomic E-state index is 12.5. The molecule has 0 unspecified atom stereocenters. The first-order valence-electron chi connectivity index (χ1n) is 7.16. The molecular formula is C17H21N3O. The third kappa shape index (κ3) is 4.39. The zero-order valence-electron chi connectivity index (χ0n) is 12.3. The molecule has 2 rings (SSSR count). The van der Waals surface area contributed by atoms with Gasteiger partial charge in [0.15, 0.2) is 0 Å². The summed E-state index contributed by atoms with van der Waals surface area (Å²) in [5.41, 5.74) is 8.36. The van der Waals surface area contributed by atoms with Crippen LogP contribution in [0.2, 0.25) is 0 Å². The van der Waals surface area contributed by atoms with Crippen LogP contribution < -0.4 is 5.73 Å². The molecule has 0 bridgehead atoms. The minimum absolute atomic E-state index is 0.0103. The van der Waals surface area contributed by atoms with Crippen LogP contribution in [-0.2, 0) is 6.42 Å². The van der Waals surface area contributed by atoms with E-state index in [-0.39, 0.29) is 5.91 Å². The fourth-order valence-electron chi connectivity index (χ4n) is 2.16. The average Bonchev–Trinajstić information content (AvgIpc) is 2.52. The van der Waals surface area contributed by atoms with E-state index >= 15 is 0 Å². The number of nitrogens with zero attached hydrogens (tertiary/aromatic N) is 2. The Bertz CT molecular complexity index is 566. The van der Waals surface area contributed by atoms with E-state index in [1.54, 1.807) is 11.1 Å². The Hall–Kier alpha value is -2.20. The van der Waals surface area contributed by atoms with Crippen molar-refractivity contribution in [2.75, 3.05) is 19.6 Å². The molecule has 0 aliphatic carbocycles. The number of nitrogens with two attached hydrogens (primary N) is 1. The van der Waals surface area contributed by atoms with Crippen LogP contribution in [0.15, 0.2) is 48.7 Å². The molecule has 0 saturated heterocycles. The molecule has 4 nitrogen and oxygen atoms in total. The van der Waals surface area contributed by atoms with Gasteiger partial charge in [-0.05, 0) is 31.0 Å². The molecule has 0 atom stereocenters. The highest BCUT2D eigenvalue weighted by Gasteiger charge is 2.15. The predicted molar refractivity (Wildman–Crippen MR) is 84.1 cm³/mol. The van der Waals surface area contributed by atoms with Crippen molar-refractivity contribution < 1.29 is 4.79 Å². The van der Waals surface area contributed by atoms with E-state index in [0.717, 1.165) is 12.1 Å². The molecule has 2 N–H and O–H groups in total. The number of aromatic nitrogens is 1.